The van der Waals surface area contributed by atoms with Crippen molar-refractivity contribution < 1.29 is 9.84 Å². The molecule has 1 fully saturated rings. The number of epoxide rings is 1. The van der Waals surface area contributed by atoms with Gasteiger partial charge in [0, 0.05) is 13.1 Å². The second kappa shape index (κ2) is 5.74. The summed E-state index contributed by atoms with van der Waals surface area (Å²) >= 11 is 0. The highest BCUT2D eigenvalue weighted by molar-refractivity contribution is 4.85. The van der Waals surface area contributed by atoms with Crippen molar-refractivity contribution >= 4 is 0 Å². The smallest absolute Gasteiger partial charge is 0.136 e. The Labute approximate surface area is 91.0 Å². The van der Waals surface area contributed by atoms with Crippen LogP contribution in [0.15, 0.2) is 0 Å². The van der Waals surface area contributed by atoms with Gasteiger partial charge in [0.05, 0.1) is 13.2 Å². The zero-order valence-electron chi connectivity index (χ0n) is 9.71. The summed E-state index contributed by atoms with van der Waals surface area (Å²) in [6.45, 7) is 2.25. The Bertz CT molecular complexity index is 175. The molecule has 1 saturated heterocycles. The highest BCUT2D eigenvalue weighted by Gasteiger charge is 2.35. The van der Waals surface area contributed by atoms with E-state index in [-0.39, 0.29) is 18.6 Å². The van der Waals surface area contributed by atoms with Gasteiger partial charge in [0.15, 0.2) is 0 Å². The molecular weight excluding hydrogens is 196 g/mol. The van der Waals surface area contributed by atoms with Crippen LogP contribution in [0.4, 0.5) is 0 Å². The fraction of sp³-hybridized carbons (Fsp3) is 1.00. The third-order valence-electron chi connectivity index (χ3n) is 2.83. The van der Waals surface area contributed by atoms with Crippen LogP contribution in [0, 0.1) is 0 Å². The summed E-state index contributed by atoms with van der Waals surface area (Å²) in [5.74, 6) is -0.346. The van der Waals surface area contributed by atoms with Crippen molar-refractivity contribution in [2.75, 3.05) is 47.4 Å². The number of aliphatic hydroxyl groups excluding tert-OH is 1. The minimum Gasteiger partial charge on any atom is -0.395 e. The van der Waals surface area contributed by atoms with Crippen LogP contribution in [-0.2, 0) is 4.74 Å². The number of ether oxygens (including phenoxy) is 1. The van der Waals surface area contributed by atoms with Crippen LogP contribution in [-0.4, -0.2) is 69.5 Å². The van der Waals surface area contributed by atoms with Gasteiger partial charge >= 0.3 is 0 Å². The van der Waals surface area contributed by atoms with E-state index in [1.807, 2.05) is 21.1 Å². The summed E-state index contributed by atoms with van der Waals surface area (Å²) in [5.41, 5.74) is 0. The van der Waals surface area contributed by atoms with Gasteiger partial charge in [-0.2, -0.15) is 0 Å². The minimum absolute atomic E-state index is 0.146. The maximum atomic E-state index is 8.97. The first-order valence-electron chi connectivity index (χ1n) is 5.24. The van der Waals surface area contributed by atoms with Gasteiger partial charge in [0.2, 0.25) is 0 Å². The van der Waals surface area contributed by atoms with Crippen molar-refractivity contribution in [3.8, 4) is 0 Å². The number of hydrogen-bond acceptors (Lipinski definition) is 6. The molecule has 15 heavy (non-hydrogen) atoms. The third kappa shape index (κ3) is 3.37. The molecular formula is C9H22N4O2. The standard InChI is InChI=1S/C9H22N4O2/c1-10-9(11-2,12-3)7-13(4-5-14)8-6-15-8/h8,10-12,14H,4-7H2,1-3H3. The lowest BCUT2D eigenvalue weighted by Gasteiger charge is -2.37. The van der Waals surface area contributed by atoms with E-state index in [4.69, 9.17) is 9.84 Å². The Balaban J connectivity index is 2.52. The molecule has 4 N–H and O–H groups in total. The molecule has 0 bridgehead atoms. The SMILES string of the molecule is CNC(CN(CCO)C1CO1)(NC)NC. The van der Waals surface area contributed by atoms with Crippen LogP contribution < -0.4 is 16.0 Å². The minimum atomic E-state index is -0.346. The molecule has 0 aromatic rings. The number of nitrogens with one attached hydrogen (secondary N) is 3. The molecule has 1 atom stereocenters. The Morgan fingerprint density at radius 2 is 1.87 bits per heavy atom. The number of aliphatic hydroxyl groups is 1. The van der Waals surface area contributed by atoms with E-state index in [9.17, 15) is 0 Å². The van der Waals surface area contributed by atoms with E-state index in [2.05, 4.69) is 20.9 Å². The van der Waals surface area contributed by atoms with Gasteiger partial charge in [-0.1, -0.05) is 0 Å². The van der Waals surface area contributed by atoms with E-state index in [1.165, 1.54) is 0 Å². The topological polar surface area (TPSA) is 72.1 Å². The van der Waals surface area contributed by atoms with Crippen molar-refractivity contribution in [1.29, 1.82) is 0 Å². The van der Waals surface area contributed by atoms with Gasteiger partial charge in [0.25, 0.3) is 0 Å². The number of nitrogens with zero attached hydrogens (tertiary/aromatic N) is 1. The van der Waals surface area contributed by atoms with Gasteiger partial charge in [-0.15, -0.1) is 0 Å². The van der Waals surface area contributed by atoms with Gasteiger partial charge < -0.3 is 9.84 Å². The van der Waals surface area contributed by atoms with Crippen LogP contribution in [0.1, 0.15) is 0 Å². The maximum absolute atomic E-state index is 8.97. The van der Waals surface area contributed by atoms with E-state index >= 15 is 0 Å². The first-order valence-corrected chi connectivity index (χ1v) is 5.24. The molecule has 0 aromatic heterocycles. The molecule has 0 saturated carbocycles. The van der Waals surface area contributed by atoms with Crippen LogP contribution in [0.25, 0.3) is 0 Å². The van der Waals surface area contributed by atoms with Crippen LogP contribution in [0.2, 0.25) is 0 Å². The van der Waals surface area contributed by atoms with E-state index < -0.39 is 0 Å². The van der Waals surface area contributed by atoms with Gasteiger partial charge in [-0.05, 0) is 21.1 Å². The van der Waals surface area contributed by atoms with Crippen molar-refractivity contribution in [2.45, 2.75) is 12.0 Å². The molecule has 1 rings (SSSR count). The summed E-state index contributed by atoms with van der Waals surface area (Å²) in [6.07, 6.45) is 0.159. The molecule has 0 amide bonds. The molecule has 0 aromatic carbocycles. The molecule has 0 aliphatic carbocycles. The molecule has 6 heteroatoms. The monoisotopic (exact) mass is 218 g/mol. The Kier molecular flexibility index (Phi) is 4.91. The number of rotatable bonds is 8. The second-order valence-corrected chi connectivity index (χ2v) is 3.64. The zero-order valence-corrected chi connectivity index (χ0v) is 9.71. The van der Waals surface area contributed by atoms with Crippen LogP contribution in [0.3, 0.4) is 0 Å². The predicted octanol–water partition coefficient (Wildman–Crippen LogP) is -2.05. The van der Waals surface area contributed by atoms with Crippen LogP contribution in [0.5, 0.6) is 0 Å². The average Bonchev–Trinajstić information content (AvgIpc) is 3.09. The van der Waals surface area contributed by atoms with Crippen molar-refractivity contribution in [1.82, 2.24) is 20.9 Å². The summed E-state index contributed by atoms with van der Waals surface area (Å²) in [6, 6.07) is 0. The predicted molar refractivity (Wildman–Crippen MR) is 58.3 cm³/mol. The fourth-order valence-corrected chi connectivity index (χ4v) is 1.62. The summed E-state index contributed by atoms with van der Waals surface area (Å²) < 4.78 is 5.23. The average molecular weight is 218 g/mol. The summed E-state index contributed by atoms with van der Waals surface area (Å²) in [5, 5.41) is 18.5. The third-order valence-corrected chi connectivity index (χ3v) is 2.83. The molecule has 1 aliphatic heterocycles. The van der Waals surface area contributed by atoms with Gasteiger partial charge in [-0.3, -0.25) is 20.9 Å². The molecule has 0 spiro atoms. The lowest BCUT2D eigenvalue weighted by molar-refractivity contribution is 0.0803. The highest BCUT2D eigenvalue weighted by atomic mass is 16.6. The summed E-state index contributed by atoms with van der Waals surface area (Å²) in [4.78, 5) is 2.10. The molecule has 1 aliphatic rings. The van der Waals surface area contributed by atoms with E-state index in [0.717, 1.165) is 13.2 Å². The van der Waals surface area contributed by atoms with Crippen molar-refractivity contribution in [2.24, 2.45) is 0 Å². The van der Waals surface area contributed by atoms with E-state index in [1.54, 1.807) is 0 Å². The number of hydrogen-bond donors (Lipinski definition) is 4. The molecule has 6 nitrogen and oxygen atoms in total. The summed E-state index contributed by atoms with van der Waals surface area (Å²) in [7, 11) is 5.66. The van der Waals surface area contributed by atoms with E-state index in [0.29, 0.717) is 6.54 Å². The van der Waals surface area contributed by atoms with Crippen LogP contribution >= 0.6 is 0 Å². The Morgan fingerprint density at radius 1 is 1.33 bits per heavy atom. The largest absolute Gasteiger partial charge is 0.395 e. The fourth-order valence-electron chi connectivity index (χ4n) is 1.62. The Morgan fingerprint density at radius 3 is 2.20 bits per heavy atom. The van der Waals surface area contributed by atoms with Gasteiger partial charge in [0.1, 0.15) is 12.0 Å². The first-order chi connectivity index (χ1) is 7.21. The van der Waals surface area contributed by atoms with Crippen molar-refractivity contribution in [3.63, 3.8) is 0 Å². The normalized spacial score (nSPS) is 21.0. The maximum Gasteiger partial charge on any atom is 0.136 e. The molecule has 90 valence electrons. The molecule has 0 radical (unpaired) electrons. The Hall–Kier alpha value is -0.240. The first kappa shape index (κ1) is 12.8. The van der Waals surface area contributed by atoms with Gasteiger partial charge in [-0.25, -0.2) is 0 Å². The lowest BCUT2D eigenvalue weighted by Crippen LogP contribution is -2.68. The second-order valence-electron chi connectivity index (χ2n) is 3.64. The number of likely N-dealkylation sites (N-methyl/N-ethyl adjacent to an activating group) is 3. The molecule has 1 heterocycles. The zero-order chi connectivity index (χ0) is 11.3. The lowest BCUT2D eigenvalue weighted by atomic mass is 10.3. The highest BCUT2D eigenvalue weighted by Crippen LogP contribution is 2.16. The molecule has 1 unspecified atom stereocenters. The quantitative estimate of drug-likeness (QED) is 0.278. The van der Waals surface area contributed by atoms with Crippen molar-refractivity contribution in [3.05, 3.63) is 0 Å².